The second-order valence-corrected chi connectivity index (χ2v) is 11.6. The van der Waals surface area contributed by atoms with E-state index in [0.29, 0.717) is 66.8 Å². The van der Waals surface area contributed by atoms with E-state index in [9.17, 15) is 12.8 Å². The van der Waals surface area contributed by atoms with Crippen LogP contribution in [0.3, 0.4) is 0 Å². The van der Waals surface area contributed by atoms with Crippen molar-refractivity contribution >= 4 is 26.9 Å². The summed E-state index contributed by atoms with van der Waals surface area (Å²) in [4.78, 5) is 20.0. The van der Waals surface area contributed by atoms with E-state index in [1.165, 1.54) is 10.4 Å². The van der Waals surface area contributed by atoms with Crippen LogP contribution in [0.5, 0.6) is 0 Å². The molecule has 208 valence electrons. The highest BCUT2D eigenvalue weighted by molar-refractivity contribution is 7.92. The van der Waals surface area contributed by atoms with E-state index in [1.807, 2.05) is 47.0 Å². The Kier molecular flexibility index (Phi) is 7.03. The predicted molar refractivity (Wildman–Crippen MR) is 156 cm³/mol. The third kappa shape index (κ3) is 5.32. The van der Waals surface area contributed by atoms with E-state index in [4.69, 9.17) is 10.7 Å². The summed E-state index contributed by atoms with van der Waals surface area (Å²) in [6.45, 7) is 6.25. The first-order valence-electron chi connectivity index (χ1n) is 13.0. The highest BCUT2D eigenvalue weighted by Crippen LogP contribution is 2.32. The SMILES string of the molecule is C=CS(=O)(=O)N1CCN(Cc2ccc(-n3c(-c4cccnc4N)nc4cnc(-c5ccc(F)cn5)cc43)cc2)CC1. The first-order valence-corrected chi connectivity index (χ1v) is 14.5. The number of halogens is 1. The molecular formula is C29H27FN8O2S. The van der Waals surface area contributed by atoms with Crippen molar-refractivity contribution < 1.29 is 12.8 Å². The van der Waals surface area contributed by atoms with Gasteiger partial charge in [0.25, 0.3) is 0 Å². The Morgan fingerprint density at radius 1 is 0.951 bits per heavy atom. The summed E-state index contributed by atoms with van der Waals surface area (Å²) in [5, 5.41) is 1.00. The van der Waals surface area contributed by atoms with Crippen molar-refractivity contribution in [3.05, 3.63) is 96.6 Å². The molecule has 5 aromatic rings. The second-order valence-electron chi connectivity index (χ2n) is 9.68. The largest absolute Gasteiger partial charge is 0.383 e. The molecule has 0 bridgehead atoms. The molecule has 0 radical (unpaired) electrons. The van der Waals surface area contributed by atoms with Crippen LogP contribution < -0.4 is 5.73 Å². The first kappa shape index (κ1) is 26.7. The van der Waals surface area contributed by atoms with Gasteiger partial charge >= 0.3 is 0 Å². The third-order valence-corrected chi connectivity index (χ3v) is 8.62. The molecule has 12 heteroatoms. The summed E-state index contributed by atoms with van der Waals surface area (Å²) in [6.07, 6.45) is 4.47. The molecule has 0 amide bonds. The number of nitrogens with zero attached hydrogens (tertiary/aromatic N) is 7. The number of nitrogens with two attached hydrogens (primary N) is 1. The van der Waals surface area contributed by atoms with Crippen LogP contribution >= 0.6 is 0 Å². The van der Waals surface area contributed by atoms with Crippen molar-refractivity contribution in [2.45, 2.75) is 6.54 Å². The van der Waals surface area contributed by atoms with Crippen LogP contribution in [0.1, 0.15) is 5.56 Å². The molecular weight excluding hydrogens is 543 g/mol. The number of benzene rings is 1. The number of fused-ring (bicyclic) bond motifs is 1. The molecule has 0 spiro atoms. The van der Waals surface area contributed by atoms with E-state index in [0.717, 1.165) is 28.4 Å². The molecule has 1 saturated heterocycles. The van der Waals surface area contributed by atoms with Gasteiger partial charge in [-0.3, -0.25) is 19.4 Å². The lowest BCUT2D eigenvalue weighted by atomic mass is 10.1. The third-order valence-electron chi connectivity index (χ3n) is 7.11. The van der Waals surface area contributed by atoms with Gasteiger partial charge in [0, 0.05) is 50.0 Å². The van der Waals surface area contributed by atoms with Gasteiger partial charge in [-0.1, -0.05) is 18.7 Å². The lowest BCUT2D eigenvalue weighted by molar-refractivity contribution is 0.182. The Balaban J connectivity index is 1.34. The minimum Gasteiger partial charge on any atom is -0.383 e. The zero-order valence-corrected chi connectivity index (χ0v) is 22.9. The summed E-state index contributed by atoms with van der Waals surface area (Å²) >= 11 is 0. The molecule has 41 heavy (non-hydrogen) atoms. The highest BCUT2D eigenvalue weighted by atomic mass is 32.2. The maximum Gasteiger partial charge on any atom is 0.235 e. The zero-order chi connectivity index (χ0) is 28.6. The number of anilines is 1. The lowest BCUT2D eigenvalue weighted by Crippen LogP contribution is -2.47. The number of aromatic nitrogens is 5. The van der Waals surface area contributed by atoms with Gasteiger partial charge in [-0.25, -0.2) is 22.8 Å². The molecule has 1 aliphatic rings. The summed E-state index contributed by atoms with van der Waals surface area (Å²) < 4.78 is 41.1. The van der Waals surface area contributed by atoms with Gasteiger partial charge in [0.15, 0.2) is 0 Å². The normalized spacial score (nSPS) is 14.9. The van der Waals surface area contributed by atoms with Crippen LogP contribution in [-0.4, -0.2) is 68.3 Å². The Morgan fingerprint density at radius 2 is 1.71 bits per heavy atom. The molecule has 1 fully saturated rings. The molecule has 0 atom stereocenters. The molecule has 0 unspecified atom stereocenters. The molecule has 1 aliphatic heterocycles. The molecule has 0 saturated carbocycles. The van der Waals surface area contributed by atoms with Crippen LogP contribution in [0.2, 0.25) is 0 Å². The van der Waals surface area contributed by atoms with Gasteiger partial charge in [0.2, 0.25) is 10.0 Å². The topological polar surface area (TPSA) is 123 Å². The molecule has 4 aromatic heterocycles. The van der Waals surface area contributed by atoms with Crippen molar-refractivity contribution in [3.63, 3.8) is 0 Å². The van der Waals surface area contributed by atoms with Crippen molar-refractivity contribution in [1.82, 2.24) is 33.7 Å². The number of piperazine rings is 1. The van der Waals surface area contributed by atoms with Gasteiger partial charge in [-0.15, -0.1) is 0 Å². The Bertz CT molecular complexity index is 1830. The van der Waals surface area contributed by atoms with Crippen molar-refractivity contribution in [1.29, 1.82) is 0 Å². The number of hydrogen-bond donors (Lipinski definition) is 1. The summed E-state index contributed by atoms with van der Waals surface area (Å²) in [6, 6.07) is 16.6. The van der Waals surface area contributed by atoms with Crippen LogP contribution in [0.15, 0.2) is 85.2 Å². The number of pyridine rings is 3. The first-order chi connectivity index (χ1) is 19.8. The Morgan fingerprint density at radius 3 is 2.39 bits per heavy atom. The van der Waals surface area contributed by atoms with Gasteiger partial charge < -0.3 is 5.73 Å². The summed E-state index contributed by atoms with van der Waals surface area (Å²) in [5.41, 5.74) is 11.5. The van der Waals surface area contributed by atoms with Gasteiger partial charge in [-0.2, -0.15) is 4.31 Å². The van der Waals surface area contributed by atoms with Gasteiger partial charge in [0.1, 0.15) is 23.0 Å². The van der Waals surface area contributed by atoms with Gasteiger partial charge in [0.05, 0.1) is 34.9 Å². The smallest absolute Gasteiger partial charge is 0.235 e. The van der Waals surface area contributed by atoms with Crippen LogP contribution in [-0.2, 0) is 16.6 Å². The summed E-state index contributed by atoms with van der Waals surface area (Å²) in [5.74, 6) is 0.550. The lowest BCUT2D eigenvalue weighted by Gasteiger charge is -2.33. The molecule has 6 rings (SSSR count). The number of imidazole rings is 1. The quantitative estimate of drug-likeness (QED) is 0.313. The molecule has 1 aromatic carbocycles. The molecule has 0 aliphatic carbocycles. The monoisotopic (exact) mass is 570 g/mol. The van der Waals surface area contributed by atoms with Crippen molar-refractivity contribution in [3.8, 4) is 28.5 Å². The van der Waals surface area contributed by atoms with E-state index >= 15 is 0 Å². The maximum absolute atomic E-state index is 13.5. The number of nitrogen functional groups attached to an aromatic ring is 1. The Hall–Kier alpha value is -4.52. The average Bonchev–Trinajstić information content (AvgIpc) is 3.37. The summed E-state index contributed by atoms with van der Waals surface area (Å²) in [7, 11) is -3.40. The van der Waals surface area contributed by atoms with Crippen LogP contribution in [0.4, 0.5) is 10.2 Å². The van der Waals surface area contributed by atoms with E-state index in [1.54, 1.807) is 18.5 Å². The van der Waals surface area contributed by atoms with Crippen LogP contribution in [0, 0.1) is 5.82 Å². The second kappa shape index (κ2) is 10.8. The van der Waals surface area contributed by atoms with E-state index < -0.39 is 15.8 Å². The fourth-order valence-corrected chi connectivity index (χ4v) is 5.84. The predicted octanol–water partition coefficient (Wildman–Crippen LogP) is 3.86. The fourth-order valence-electron chi connectivity index (χ4n) is 4.95. The fraction of sp³-hybridized carbons (Fsp3) is 0.172. The number of hydrogen-bond acceptors (Lipinski definition) is 8. The Labute approximate surface area is 236 Å². The van der Waals surface area contributed by atoms with Gasteiger partial charge in [-0.05, 0) is 48.0 Å². The van der Waals surface area contributed by atoms with Crippen LogP contribution in [0.25, 0.3) is 39.5 Å². The molecule has 10 nitrogen and oxygen atoms in total. The van der Waals surface area contributed by atoms with Crippen molar-refractivity contribution in [2.75, 3.05) is 31.9 Å². The number of rotatable bonds is 7. The zero-order valence-electron chi connectivity index (χ0n) is 22.1. The standard InChI is InChI=1S/C29H27FN8O2S/c1-2-41(39,40)37-14-12-36(13-15-37)19-20-5-8-22(9-6-20)38-27-16-25(24-10-7-21(30)17-33-24)34-18-26(27)35-29(38)23-4-3-11-32-28(23)31/h2-11,16-18H,1,12-15,19H2,(H2,31,32). The number of sulfonamides is 1. The van der Waals surface area contributed by atoms with Crippen molar-refractivity contribution in [2.24, 2.45) is 0 Å². The van der Waals surface area contributed by atoms with E-state index in [2.05, 4.69) is 26.4 Å². The minimum atomic E-state index is -3.40. The highest BCUT2D eigenvalue weighted by Gasteiger charge is 2.24. The van der Waals surface area contributed by atoms with E-state index in [-0.39, 0.29) is 0 Å². The minimum absolute atomic E-state index is 0.353. The molecule has 5 heterocycles. The average molecular weight is 571 g/mol. The molecule has 2 N–H and O–H groups in total. The maximum atomic E-state index is 13.5.